The average molecular weight is 396 g/mol. The average Bonchev–Trinajstić information content (AvgIpc) is 2.68. The van der Waals surface area contributed by atoms with Crippen LogP contribution in [0.5, 0.6) is 11.5 Å². The molecule has 2 amide bonds. The van der Waals surface area contributed by atoms with E-state index in [9.17, 15) is 9.59 Å². The van der Waals surface area contributed by atoms with E-state index in [-0.39, 0.29) is 24.5 Å². The van der Waals surface area contributed by atoms with Crippen LogP contribution in [0.3, 0.4) is 0 Å². The number of carbonyl (C=O) groups is 2. The van der Waals surface area contributed by atoms with E-state index in [0.717, 1.165) is 11.1 Å². The Hall–Kier alpha value is -3.28. The summed E-state index contributed by atoms with van der Waals surface area (Å²) in [4.78, 5) is 25.8. The Kier molecular flexibility index (Phi) is 7.83. The van der Waals surface area contributed by atoms with Gasteiger partial charge < -0.3 is 19.7 Å². The molecule has 154 valence electrons. The maximum absolute atomic E-state index is 12.3. The molecule has 0 spiro atoms. The highest BCUT2D eigenvalue weighted by atomic mass is 16.5. The third-order valence-corrected chi connectivity index (χ3v) is 4.06. The summed E-state index contributed by atoms with van der Waals surface area (Å²) in [5, 5.41) is 2.78. The monoisotopic (exact) mass is 396 g/mol. The maximum atomic E-state index is 12.3. The fourth-order valence-corrected chi connectivity index (χ4v) is 2.56. The lowest BCUT2D eigenvalue weighted by molar-refractivity contribution is -0.129. The van der Waals surface area contributed by atoms with Crippen molar-refractivity contribution in [1.82, 2.24) is 4.90 Å². The van der Waals surface area contributed by atoms with Crippen molar-refractivity contribution in [3.63, 3.8) is 0 Å². The molecule has 0 aliphatic heterocycles. The van der Waals surface area contributed by atoms with Crippen LogP contribution < -0.4 is 14.8 Å². The first-order valence-corrected chi connectivity index (χ1v) is 9.43. The second kappa shape index (κ2) is 10.3. The molecule has 0 radical (unpaired) electrons. The molecule has 0 unspecified atom stereocenters. The number of ether oxygens (including phenoxy) is 2. The first-order valence-electron chi connectivity index (χ1n) is 9.43. The van der Waals surface area contributed by atoms with Crippen molar-refractivity contribution in [2.75, 3.05) is 26.0 Å². The number of carbonyl (C=O) groups excluding carboxylic acids is 2. The molecule has 0 heterocycles. The van der Waals surface area contributed by atoms with Gasteiger partial charge in [0.15, 0.2) is 11.5 Å². The number of anilines is 1. The lowest BCUT2D eigenvalue weighted by Gasteiger charge is -2.15. The third-order valence-electron chi connectivity index (χ3n) is 4.06. The van der Waals surface area contributed by atoms with Gasteiger partial charge in [-0.1, -0.05) is 23.8 Å². The van der Waals surface area contributed by atoms with Crippen LogP contribution in [0.1, 0.15) is 25.0 Å². The Bertz CT molecular complexity index is 873. The van der Waals surface area contributed by atoms with Crippen LogP contribution in [0, 0.1) is 6.92 Å². The summed E-state index contributed by atoms with van der Waals surface area (Å²) in [6, 6.07) is 12.9. The second-order valence-electron chi connectivity index (χ2n) is 7.02. The zero-order valence-electron chi connectivity index (χ0n) is 17.6. The fraction of sp³-hybridized carbons (Fsp3) is 0.304. The lowest BCUT2D eigenvalue weighted by Crippen LogP contribution is -2.33. The van der Waals surface area contributed by atoms with E-state index in [4.69, 9.17) is 9.47 Å². The first kappa shape index (κ1) is 22.0. The van der Waals surface area contributed by atoms with E-state index >= 15 is 0 Å². The van der Waals surface area contributed by atoms with Crippen LogP contribution in [0.4, 0.5) is 5.69 Å². The molecule has 6 nitrogen and oxygen atoms in total. The molecule has 2 aromatic carbocycles. The normalized spacial score (nSPS) is 10.8. The van der Waals surface area contributed by atoms with Crippen molar-refractivity contribution in [2.45, 2.75) is 26.9 Å². The van der Waals surface area contributed by atoms with Crippen LogP contribution >= 0.6 is 0 Å². The molecule has 0 fully saturated rings. The lowest BCUT2D eigenvalue weighted by atomic mass is 10.2. The van der Waals surface area contributed by atoms with Crippen molar-refractivity contribution in [2.24, 2.45) is 0 Å². The fourth-order valence-electron chi connectivity index (χ4n) is 2.56. The Morgan fingerprint density at radius 3 is 2.41 bits per heavy atom. The van der Waals surface area contributed by atoms with Crippen molar-refractivity contribution < 1.29 is 19.1 Å². The topological polar surface area (TPSA) is 67.9 Å². The number of nitrogens with one attached hydrogen (secondary N) is 1. The Morgan fingerprint density at radius 1 is 1.10 bits per heavy atom. The van der Waals surface area contributed by atoms with E-state index in [1.165, 1.54) is 11.0 Å². The standard InChI is InChI=1S/C23H28N2O4/c1-16(2)29-20-12-8-18(14-21(20)28-5)9-13-23(27)25(4)15-22(26)24-19-10-6-17(3)7-11-19/h6-14,16H,15H2,1-5H3,(H,24,26)/b13-9+. The minimum absolute atomic E-state index is 0.0339. The summed E-state index contributed by atoms with van der Waals surface area (Å²) in [6.07, 6.45) is 3.14. The number of likely N-dealkylation sites (N-methyl/N-ethyl adjacent to an activating group) is 1. The number of hydrogen-bond acceptors (Lipinski definition) is 4. The highest BCUT2D eigenvalue weighted by Gasteiger charge is 2.11. The Balaban J connectivity index is 1.95. The summed E-state index contributed by atoms with van der Waals surface area (Å²) in [7, 11) is 3.16. The van der Waals surface area contributed by atoms with E-state index in [2.05, 4.69) is 5.32 Å². The van der Waals surface area contributed by atoms with Gasteiger partial charge in [-0.2, -0.15) is 0 Å². The number of hydrogen-bond donors (Lipinski definition) is 1. The molecule has 0 aliphatic rings. The predicted molar refractivity (Wildman–Crippen MR) is 115 cm³/mol. The van der Waals surface area contributed by atoms with Gasteiger partial charge in [-0.25, -0.2) is 0 Å². The van der Waals surface area contributed by atoms with Crippen molar-refractivity contribution >= 4 is 23.6 Å². The molecule has 0 bridgehead atoms. The number of amides is 2. The number of nitrogens with zero attached hydrogens (tertiary/aromatic N) is 1. The minimum atomic E-state index is -0.273. The highest BCUT2D eigenvalue weighted by molar-refractivity contribution is 5.97. The van der Waals surface area contributed by atoms with Crippen LogP contribution in [-0.4, -0.2) is 43.5 Å². The van der Waals surface area contributed by atoms with Gasteiger partial charge in [0.05, 0.1) is 19.8 Å². The van der Waals surface area contributed by atoms with Crippen molar-refractivity contribution in [3.8, 4) is 11.5 Å². The summed E-state index contributed by atoms with van der Waals surface area (Å²) < 4.78 is 11.0. The minimum Gasteiger partial charge on any atom is -0.493 e. The Morgan fingerprint density at radius 2 is 1.79 bits per heavy atom. The van der Waals surface area contributed by atoms with Crippen LogP contribution in [0.2, 0.25) is 0 Å². The molecule has 0 saturated heterocycles. The van der Waals surface area contributed by atoms with Gasteiger partial charge in [0, 0.05) is 18.8 Å². The SMILES string of the molecule is COc1cc(/C=C/C(=O)N(C)CC(=O)Nc2ccc(C)cc2)ccc1OC(C)C. The van der Waals surface area contributed by atoms with E-state index in [0.29, 0.717) is 17.2 Å². The van der Waals surface area contributed by atoms with Gasteiger partial charge in [-0.15, -0.1) is 0 Å². The molecule has 0 atom stereocenters. The van der Waals surface area contributed by atoms with Crippen LogP contribution in [-0.2, 0) is 9.59 Å². The van der Waals surface area contributed by atoms with Crippen molar-refractivity contribution in [1.29, 1.82) is 0 Å². The zero-order chi connectivity index (χ0) is 21.4. The molecule has 1 N–H and O–H groups in total. The zero-order valence-corrected chi connectivity index (χ0v) is 17.6. The molecule has 0 aromatic heterocycles. The van der Waals surface area contributed by atoms with Gasteiger partial charge in [0.1, 0.15) is 0 Å². The van der Waals surface area contributed by atoms with E-state index in [1.807, 2.05) is 57.2 Å². The first-order chi connectivity index (χ1) is 13.8. The van der Waals surface area contributed by atoms with Gasteiger partial charge in [-0.3, -0.25) is 9.59 Å². The quantitative estimate of drug-likeness (QED) is 0.687. The summed E-state index contributed by atoms with van der Waals surface area (Å²) >= 11 is 0. The predicted octanol–water partition coefficient (Wildman–Crippen LogP) is 3.90. The van der Waals surface area contributed by atoms with Gasteiger partial charge in [-0.05, 0) is 56.7 Å². The number of methoxy groups -OCH3 is 1. The molecule has 6 heteroatoms. The van der Waals surface area contributed by atoms with Gasteiger partial charge in [0.25, 0.3) is 0 Å². The third kappa shape index (κ3) is 6.99. The summed E-state index contributed by atoms with van der Waals surface area (Å²) in [5.41, 5.74) is 2.61. The molecule has 29 heavy (non-hydrogen) atoms. The molecule has 0 saturated carbocycles. The number of aryl methyl sites for hydroxylation is 1. The molecule has 2 rings (SSSR count). The molecular weight excluding hydrogens is 368 g/mol. The summed E-state index contributed by atoms with van der Waals surface area (Å²) in [5.74, 6) is 0.718. The molecular formula is C23H28N2O4. The number of benzene rings is 2. The molecule has 0 aliphatic carbocycles. The highest BCUT2D eigenvalue weighted by Crippen LogP contribution is 2.29. The number of rotatable bonds is 8. The summed E-state index contributed by atoms with van der Waals surface area (Å²) in [6.45, 7) is 5.82. The van der Waals surface area contributed by atoms with Gasteiger partial charge in [0.2, 0.25) is 11.8 Å². The smallest absolute Gasteiger partial charge is 0.246 e. The van der Waals surface area contributed by atoms with E-state index < -0.39 is 0 Å². The van der Waals surface area contributed by atoms with E-state index in [1.54, 1.807) is 26.3 Å². The van der Waals surface area contributed by atoms with Crippen LogP contribution in [0.15, 0.2) is 48.5 Å². The Labute approximate surface area is 172 Å². The van der Waals surface area contributed by atoms with Crippen LogP contribution in [0.25, 0.3) is 6.08 Å². The molecule has 2 aromatic rings. The maximum Gasteiger partial charge on any atom is 0.246 e. The van der Waals surface area contributed by atoms with Gasteiger partial charge >= 0.3 is 0 Å². The second-order valence-corrected chi connectivity index (χ2v) is 7.02. The largest absolute Gasteiger partial charge is 0.493 e. The van der Waals surface area contributed by atoms with Crippen molar-refractivity contribution in [3.05, 3.63) is 59.7 Å².